The lowest BCUT2D eigenvalue weighted by Gasteiger charge is -2.30. The second-order valence-corrected chi connectivity index (χ2v) is 6.96. The Hall–Kier alpha value is -1.16. The van der Waals surface area contributed by atoms with E-state index >= 15 is 0 Å². The highest BCUT2D eigenvalue weighted by Crippen LogP contribution is 2.40. The predicted octanol–water partition coefficient (Wildman–Crippen LogP) is 4.56. The van der Waals surface area contributed by atoms with Crippen LogP contribution in [0.3, 0.4) is 0 Å². The zero-order valence-corrected chi connectivity index (χ0v) is 19.0. The number of aliphatic imine (C=N–C) groups is 1. The molecule has 2 N–H and O–H groups in total. The van der Waals surface area contributed by atoms with E-state index in [4.69, 9.17) is 4.74 Å². The third-order valence-electron chi connectivity index (χ3n) is 5.08. The first-order valence-corrected chi connectivity index (χ1v) is 9.63. The average molecular weight is 511 g/mol. The molecule has 8 heteroatoms. The van der Waals surface area contributed by atoms with Gasteiger partial charge in [-0.05, 0) is 49.3 Å². The average Bonchev–Trinajstić information content (AvgIpc) is 3.11. The fraction of sp³-hybridized carbons (Fsp3) is 0.650. The molecule has 0 unspecified atom stereocenters. The lowest BCUT2D eigenvalue weighted by molar-refractivity contribution is -0.0498. The highest BCUT2D eigenvalue weighted by Gasteiger charge is 2.33. The van der Waals surface area contributed by atoms with Gasteiger partial charge in [0.1, 0.15) is 5.75 Å². The number of rotatable bonds is 10. The third kappa shape index (κ3) is 8.46. The van der Waals surface area contributed by atoms with Gasteiger partial charge in [0.2, 0.25) is 0 Å². The highest BCUT2D eigenvalue weighted by atomic mass is 127. The predicted molar refractivity (Wildman–Crippen MR) is 119 cm³/mol. The molecule has 0 saturated heterocycles. The molecule has 1 aliphatic rings. The normalized spacial score (nSPS) is 16.0. The summed E-state index contributed by atoms with van der Waals surface area (Å²) >= 11 is 0. The molecule has 28 heavy (non-hydrogen) atoms. The van der Waals surface area contributed by atoms with Crippen molar-refractivity contribution >= 4 is 29.9 Å². The first-order valence-electron chi connectivity index (χ1n) is 9.63. The van der Waals surface area contributed by atoms with Gasteiger partial charge in [0, 0.05) is 33.4 Å². The molecule has 0 aliphatic heterocycles. The van der Waals surface area contributed by atoms with Crippen LogP contribution in [0.15, 0.2) is 29.3 Å². The summed E-state index contributed by atoms with van der Waals surface area (Å²) < 4.78 is 34.7. The Balaban J connectivity index is 0.00000392. The number of hydrogen-bond acceptors (Lipinski definition) is 3. The van der Waals surface area contributed by atoms with E-state index in [1.807, 2.05) is 13.0 Å². The van der Waals surface area contributed by atoms with E-state index in [2.05, 4.69) is 20.4 Å². The number of benzene rings is 1. The first-order chi connectivity index (χ1) is 13.1. The van der Waals surface area contributed by atoms with Crippen molar-refractivity contribution in [2.24, 2.45) is 10.4 Å². The van der Waals surface area contributed by atoms with Gasteiger partial charge >= 0.3 is 6.61 Å². The van der Waals surface area contributed by atoms with Crippen molar-refractivity contribution < 1.29 is 18.3 Å². The van der Waals surface area contributed by atoms with Crippen molar-refractivity contribution in [2.75, 3.05) is 26.8 Å². The molecular formula is C20H32F2IN3O2. The standard InChI is InChI=1S/C20H31F2N3O2.HI/c1-3-26-12-11-20(9-4-5-10-20)15-25-19(23-2)24-14-16-7-6-8-17(13-16)27-18(21)22;/h6-8,13,18H,3-5,9-12,14-15H2,1-2H3,(H2,23,24,25);1H. The zero-order chi connectivity index (χ0) is 19.5. The summed E-state index contributed by atoms with van der Waals surface area (Å²) in [7, 11) is 1.73. The first kappa shape index (κ1) is 24.9. The summed E-state index contributed by atoms with van der Waals surface area (Å²) in [6.45, 7) is 2.08. The van der Waals surface area contributed by atoms with Crippen molar-refractivity contribution in [3.63, 3.8) is 0 Å². The molecule has 1 fully saturated rings. The molecule has 1 aromatic carbocycles. The number of alkyl halides is 2. The Morgan fingerprint density at radius 2 is 2.00 bits per heavy atom. The molecule has 0 heterocycles. The van der Waals surface area contributed by atoms with Gasteiger partial charge in [-0.15, -0.1) is 24.0 Å². The Morgan fingerprint density at radius 1 is 1.25 bits per heavy atom. The number of nitrogens with zero attached hydrogens (tertiary/aromatic N) is 1. The molecule has 0 atom stereocenters. The van der Waals surface area contributed by atoms with E-state index in [1.54, 1.807) is 19.2 Å². The number of ether oxygens (including phenoxy) is 2. The maximum Gasteiger partial charge on any atom is 0.387 e. The van der Waals surface area contributed by atoms with Crippen molar-refractivity contribution in [2.45, 2.75) is 52.2 Å². The minimum Gasteiger partial charge on any atom is -0.435 e. The monoisotopic (exact) mass is 511 g/mol. The molecule has 1 aromatic rings. The molecule has 0 amide bonds. The Bertz CT molecular complexity index is 597. The SMILES string of the molecule is CCOCCC1(CNC(=NC)NCc2cccc(OC(F)F)c2)CCCC1.I. The summed E-state index contributed by atoms with van der Waals surface area (Å²) in [5.41, 5.74) is 1.11. The lowest BCUT2D eigenvalue weighted by atomic mass is 9.83. The fourth-order valence-electron chi connectivity index (χ4n) is 3.58. The third-order valence-corrected chi connectivity index (χ3v) is 5.08. The Morgan fingerprint density at radius 3 is 2.64 bits per heavy atom. The molecule has 0 radical (unpaired) electrons. The molecule has 1 saturated carbocycles. The molecule has 0 aromatic heterocycles. The van der Waals surface area contributed by atoms with Gasteiger partial charge in [0.15, 0.2) is 5.96 Å². The van der Waals surface area contributed by atoms with Crippen LogP contribution in [0.5, 0.6) is 5.75 Å². The van der Waals surface area contributed by atoms with Crippen LogP contribution < -0.4 is 15.4 Å². The van der Waals surface area contributed by atoms with Crippen molar-refractivity contribution in [1.82, 2.24) is 10.6 Å². The van der Waals surface area contributed by atoms with E-state index in [0.29, 0.717) is 12.5 Å². The molecule has 1 aliphatic carbocycles. The Kier molecular flexibility index (Phi) is 11.7. The summed E-state index contributed by atoms with van der Waals surface area (Å²) in [6, 6.07) is 6.68. The van der Waals surface area contributed by atoms with Gasteiger partial charge in [-0.25, -0.2) is 0 Å². The molecule has 0 bridgehead atoms. The largest absolute Gasteiger partial charge is 0.435 e. The summed E-state index contributed by atoms with van der Waals surface area (Å²) in [5.74, 6) is 0.867. The van der Waals surface area contributed by atoms with Crippen LogP contribution in [0.1, 0.15) is 44.6 Å². The van der Waals surface area contributed by atoms with Crippen molar-refractivity contribution in [3.8, 4) is 5.75 Å². The molecule has 160 valence electrons. The number of nitrogens with one attached hydrogen (secondary N) is 2. The van der Waals surface area contributed by atoms with Crippen molar-refractivity contribution in [3.05, 3.63) is 29.8 Å². The number of hydrogen-bond donors (Lipinski definition) is 2. The van der Waals surface area contributed by atoms with E-state index in [1.165, 1.54) is 31.7 Å². The fourth-order valence-corrected chi connectivity index (χ4v) is 3.58. The maximum atomic E-state index is 12.3. The van der Waals surface area contributed by atoms with Crippen LogP contribution in [0.25, 0.3) is 0 Å². The van der Waals surface area contributed by atoms with Gasteiger partial charge in [-0.1, -0.05) is 25.0 Å². The summed E-state index contributed by atoms with van der Waals surface area (Å²) in [6.07, 6.45) is 5.99. The van der Waals surface area contributed by atoms with Gasteiger partial charge < -0.3 is 20.1 Å². The van der Waals surface area contributed by atoms with Crippen LogP contribution >= 0.6 is 24.0 Å². The lowest BCUT2D eigenvalue weighted by Crippen LogP contribution is -2.43. The van der Waals surface area contributed by atoms with E-state index in [0.717, 1.165) is 31.7 Å². The molecule has 0 spiro atoms. The second kappa shape index (κ2) is 13.1. The molecular weight excluding hydrogens is 479 g/mol. The van der Waals surface area contributed by atoms with Crippen LogP contribution in [0.4, 0.5) is 8.78 Å². The summed E-state index contributed by atoms with van der Waals surface area (Å²) in [5, 5.41) is 6.67. The molecule has 2 rings (SSSR count). The van der Waals surface area contributed by atoms with E-state index < -0.39 is 6.61 Å². The van der Waals surface area contributed by atoms with Gasteiger partial charge in [0.05, 0.1) is 0 Å². The van der Waals surface area contributed by atoms with Crippen LogP contribution in [-0.4, -0.2) is 39.4 Å². The van der Waals surface area contributed by atoms with Crippen LogP contribution in [-0.2, 0) is 11.3 Å². The van der Waals surface area contributed by atoms with Gasteiger partial charge in [-0.3, -0.25) is 4.99 Å². The van der Waals surface area contributed by atoms with Gasteiger partial charge in [-0.2, -0.15) is 8.78 Å². The summed E-state index contributed by atoms with van der Waals surface area (Å²) in [4.78, 5) is 4.27. The second-order valence-electron chi connectivity index (χ2n) is 6.96. The smallest absolute Gasteiger partial charge is 0.387 e. The number of guanidine groups is 1. The minimum atomic E-state index is -2.82. The quantitative estimate of drug-likeness (QED) is 0.209. The minimum absolute atomic E-state index is 0. The van der Waals surface area contributed by atoms with Gasteiger partial charge in [0.25, 0.3) is 0 Å². The van der Waals surface area contributed by atoms with Crippen LogP contribution in [0.2, 0.25) is 0 Å². The molecule has 5 nitrogen and oxygen atoms in total. The topological polar surface area (TPSA) is 54.9 Å². The van der Waals surface area contributed by atoms with Crippen LogP contribution in [0, 0.1) is 5.41 Å². The Labute approximate surface area is 183 Å². The maximum absolute atomic E-state index is 12.3. The highest BCUT2D eigenvalue weighted by molar-refractivity contribution is 14.0. The zero-order valence-electron chi connectivity index (χ0n) is 16.7. The van der Waals surface area contributed by atoms with Crippen molar-refractivity contribution in [1.29, 1.82) is 0 Å². The van der Waals surface area contributed by atoms with E-state index in [-0.39, 0.29) is 35.1 Å². The number of halogens is 3. The van der Waals surface area contributed by atoms with E-state index in [9.17, 15) is 8.78 Å².